The van der Waals surface area contributed by atoms with Crippen LogP contribution >= 0.6 is 0 Å². The number of carbonyl (C=O) groups is 3. The number of carbonyl (C=O) groups excluding carboxylic acids is 2. The van der Waals surface area contributed by atoms with Crippen molar-refractivity contribution in [3.63, 3.8) is 0 Å². The fourth-order valence-electron chi connectivity index (χ4n) is 1.84. The number of aliphatic carboxylic acids is 1. The number of ether oxygens (including phenoxy) is 1. The van der Waals surface area contributed by atoms with Gasteiger partial charge in [-0.05, 0) is 33.6 Å². The van der Waals surface area contributed by atoms with E-state index in [2.05, 4.69) is 5.32 Å². The maximum absolute atomic E-state index is 12.0. The first-order valence-corrected chi connectivity index (χ1v) is 6.19. The average Bonchev–Trinajstić information content (AvgIpc) is 2.20. The molecule has 2 N–H and O–H groups in total. The Kier molecular flexibility index (Phi) is 4.74. The smallest absolute Gasteiger partial charge is 0.408 e. The van der Waals surface area contributed by atoms with Crippen LogP contribution in [0.25, 0.3) is 0 Å². The lowest BCUT2D eigenvalue weighted by Gasteiger charge is -2.32. The van der Waals surface area contributed by atoms with Gasteiger partial charge >= 0.3 is 12.1 Å². The van der Waals surface area contributed by atoms with Gasteiger partial charge in [-0.2, -0.15) is 0 Å². The molecule has 1 saturated heterocycles. The molecule has 2 amide bonds. The molecule has 0 aromatic carbocycles. The van der Waals surface area contributed by atoms with Crippen LogP contribution in [-0.4, -0.2) is 52.7 Å². The Morgan fingerprint density at radius 3 is 2.63 bits per heavy atom. The lowest BCUT2D eigenvalue weighted by atomic mass is 10.1. The lowest BCUT2D eigenvalue weighted by Crippen LogP contribution is -2.54. The third-order valence-electron chi connectivity index (χ3n) is 2.55. The number of nitrogens with zero attached hydrogens (tertiary/aromatic N) is 1. The van der Waals surface area contributed by atoms with Crippen LogP contribution in [0.5, 0.6) is 0 Å². The van der Waals surface area contributed by atoms with E-state index in [9.17, 15) is 14.4 Å². The van der Waals surface area contributed by atoms with Crippen LogP contribution in [0.3, 0.4) is 0 Å². The molecule has 1 fully saturated rings. The molecule has 0 saturated carbocycles. The summed E-state index contributed by atoms with van der Waals surface area (Å²) in [6.45, 7) is 5.24. The Hall–Kier alpha value is -1.79. The van der Waals surface area contributed by atoms with E-state index in [-0.39, 0.29) is 12.5 Å². The summed E-state index contributed by atoms with van der Waals surface area (Å²) in [5.74, 6) is -1.44. The zero-order valence-corrected chi connectivity index (χ0v) is 11.4. The van der Waals surface area contributed by atoms with Gasteiger partial charge in [0.2, 0.25) is 5.91 Å². The van der Waals surface area contributed by atoms with E-state index in [0.717, 1.165) is 0 Å². The topological polar surface area (TPSA) is 95.9 Å². The highest BCUT2D eigenvalue weighted by Gasteiger charge is 2.32. The molecule has 19 heavy (non-hydrogen) atoms. The van der Waals surface area contributed by atoms with Gasteiger partial charge in [-0.1, -0.05) is 0 Å². The van der Waals surface area contributed by atoms with Crippen molar-refractivity contribution in [2.75, 3.05) is 13.1 Å². The van der Waals surface area contributed by atoms with Crippen molar-refractivity contribution in [3.8, 4) is 0 Å². The van der Waals surface area contributed by atoms with E-state index in [1.807, 2.05) is 0 Å². The number of rotatable bonds is 3. The normalized spacial score (nSPS) is 20.1. The van der Waals surface area contributed by atoms with Crippen LogP contribution in [0.1, 0.15) is 33.6 Å². The van der Waals surface area contributed by atoms with Crippen LogP contribution in [0.2, 0.25) is 0 Å². The Balaban J connectivity index is 2.56. The van der Waals surface area contributed by atoms with Crippen LogP contribution in [0, 0.1) is 0 Å². The van der Waals surface area contributed by atoms with Gasteiger partial charge in [0, 0.05) is 6.54 Å². The van der Waals surface area contributed by atoms with Gasteiger partial charge in [0.25, 0.3) is 0 Å². The van der Waals surface area contributed by atoms with Crippen molar-refractivity contribution in [3.05, 3.63) is 0 Å². The van der Waals surface area contributed by atoms with Crippen LogP contribution < -0.4 is 5.32 Å². The molecule has 7 heteroatoms. The molecule has 1 aliphatic heterocycles. The van der Waals surface area contributed by atoms with Gasteiger partial charge in [0.05, 0.1) is 0 Å². The molecule has 0 radical (unpaired) electrons. The van der Waals surface area contributed by atoms with Crippen molar-refractivity contribution >= 4 is 18.0 Å². The molecule has 7 nitrogen and oxygen atoms in total. The Morgan fingerprint density at radius 1 is 1.47 bits per heavy atom. The summed E-state index contributed by atoms with van der Waals surface area (Å²) >= 11 is 0. The molecule has 0 aliphatic carbocycles. The minimum atomic E-state index is -1.06. The summed E-state index contributed by atoms with van der Waals surface area (Å²) in [5.41, 5.74) is -0.636. The molecule has 0 bridgehead atoms. The van der Waals surface area contributed by atoms with E-state index in [0.29, 0.717) is 19.4 Å². The van der Waals surface area contributed by atoms with Crippen LogP contribution in [-0.2, 0) is 14.3 Å². The predicted molar refractivity (Wildman–Crippen MR) is 66.6 cm³/mol. The van der Waals surface area contributed by atoms with Gasteiger partial charge in [-0.15, -0.1) is 0 Å². The molecule has 0 spiro atoms. The number of carboxylic acids is 1. The van der Waals surface area contributed by atoms with Gasteiger partial charge in [0.1, 0.15) is 18.2 Å². The van der Waals surface area contributed by atoms with Crippen molar-refractivity contribution in [1.29, 1.82) is 0 Å². The first-order valence-electron chi connectivity index (χ1n) is 6.19. The molecule has 1 atom stereocenters. The molecule has 108 valence electrons. The number of carboxylic acid groups (broad SMARTS) is 1. The second kappa shape index (κ2) is 5.90. The fourth-order valence-corrected chi connectivity index (χ4v) is 1.84. The summed E-state index contributed by atoms with van der Waals surface area (Å²) < 4.78 is 5.07. The maximum atomic E-state index is 12.0. The highest BCUT2D eigenvalue weighted by atomic mass is 16.6. The van der Waals surface area contributed by atoms with Crippen molar-refractivity contribution in [2.24, 2.45) is 0 Å². The van der Waals surface area contributed by atoms with E-state index in [1.165, 1.54) is 4.90 Å². The van der Waals surface area contributed by atoms with E-state index >= 15 is 0 Å². The van der Waals surface area contributed by atoms with E-state index < -0.39 is 23.7 Å². The second-order valence-electron chi connectivity index (χ2n) is 5.49. The van der Waals surface area contributed by atoms with Gasteiger partial charge < -0.3 is 20.1 Å². The first-order chi connectivity index (χ1) is 8.69. The quantitative estimate of drug-likeness (QED) is 0.783. The van der Waals surface area contributed by atoms with Crippen molar-refractivity contribution in [1.82, 2.24) is 10.2 Å². The Morgan fingerprint density at radius 2 is 2.11 bits per heavy atom. The molecular formula is C12H20N2O5. The summed E-state index contributed by atoms with van der Waals surface area (Å²) in [4.78, 5) is 35.4. The number of hydrogen-bond donors (Lipinski definition) is 2. The minimum Gasteiger partial charge on any atom is -0.480 e. The number of alkyl carbamates (subject to hydrolysis) is 1. The third-order valence-corrected chi connectivity index (χ3v) is 2.55. The number of nitrogens with one attached hydrogen (secondary N) is 1. The van der Waals surface area contributed by atoms with Gasteiger partial charge in [-0.25, -0.2) is 4.79 Å². The van der Waals surface area contributed by atoms with Crippen LogP contribution in [0.15, 0.2) is 0 Å². The predicted octanol–water partition coefficient (Wildman–Crippen LogP) is 0.587. The number of amides is 2. The summed E-state index contributed by atoms with van der Waals surface area (Å²) in [6, 6.07) is -0.706. The monoisotopic (exact) mass is 272 g/mol. The van der Waals surface area contributed by atoms with Crippen molar-refractivity contribution in [2.45, 2.75) is 45.3 Å². The Labute approximate surface area is 111 Å². The molecule has 1 aliphatic rings. The molecule has 0 aromatic rings. The third kappa shape index (κ3) is 5.15. The largest absolute Gasteiger partial charge is 0.480 e. The van der Waals surface area contributed by atoms with Gasteiger partial charge in [0.15, 0.2) is 0 Å². The minimum absolute atomic E-state index is 0.342. The molecular weight excluding hydrogens is 252 g/mol. The van der Waals surface area contributed by atoms with Crippen LogP contribution in [0.4, 0.5) is 4.79 Å². The standard InChI is InChI=1S/C12H20N2O5/c1-12(2,3)19-11(18)13-8-5-4-6-14(10(8)17)7-9(15)16/h8H,4-7H2,1-3H3,(H,13,18)(H,15,16). The SMILES string of the molecule is CC(C)(C)OC(=O)NC1CCCN(CC(=O)O)C1=O. The summed E-state index contributed by atoms with van der Waals surface area (Å²) in [6.07, 6.45) is 0.483. The summed E-state index contributed by atoms with van der Waals surface area (Å²) in [7, 11) is 0. The number of hydrogen-bond acceptors (Lipinski definition) is 4. The number of likely N-dealkylation sites (tertiary alicyclic amines) is 1. The van der Waals surface area contributed by atoms with E-state index in [1.54, 1.807) is 20.8 Å². The molecule has 1 rings (SSSR count). The second-order valence-corrected chi connectivity index (χ2v) is 5.49. The molecule has 1 heterocycles. The molecule has 0 aromatic heterocycles. The number of piperidine rings is 1. The highest BCUT2D eigenvalue weighted by molar-refractivity contribution is 5.88. The van der Waals surface area contributed by atoms with Gasteiger partial charge in [-0.3, -0.25) is 9.59 Å². The highest BCUT2D eigenvalue weighted by Crippen LogP contribution is 2.13. The maximum Gasteiger partial charge on any atom is 0.408 e. The van der Waals surface area contributed by atoms with Crippen molar-refractivity contribution < 1.29 is 24.2 Å². The Bertz CT molecular complexity index is 375. The summed E-state index contributed by atoms with van der Waals surface area (Å²) in [5, 5.41) is 11.2. The zero-order chi connectivity index (χ0) is 14.6. The lowest BCUT2D eigenvalue weighted by molar-refractivity contribution is -0.146. The zero-order valence-electron chi connectivity index (χ0n) is 11.4. The average molecular weight is 272 g/mol. The fraction of sp³-hybridized carbons (Fsp3) is 0.750. The molecule has 1 unspecified atom stereocenters. The first kappa shape index (κ1) is 15.3. The van der Waals surface area contributed by atoms with E-state index in [4.69, 9.17) is 9.84 Å².